The number of benzene rings is 2. The number of carbonyl (C=O) groups excluding carboxylic acids is 1. The molecule has 0 aliphatic rings. The van der Waals surface area contributed by atoms with Crippen molar-refractivity contribution in [1.29, 1.82) is 0 Å². The average Bonchev–Trinajstić information content (AvgIpc) is 2.61. The number of methoxy groups -OCH3 is 1. The van der Waals surface area contributed by atoms with E-state index >= 15 is 0 Å². The molecule has 5 nitrogen and oxygen atoms in total. The molecule has 0 saturated heterocycles. The summed E-state index contributed by atoms with van der Waals surface area (Å²) in [7, 11) is 1.59. The Morgan fingerprint density at radius 1 is 1.20 bits per heavy atom. The van der Waals surface area contributed by atoms with E-state index in [9.17, 15) is 9.59 Å². The van der Waals surface area contributed by atoms with Crippen LogP contribution in [-0.2, 0) is 6.54 Å². The fraction of sp³-hybridized carbons (Fsp3) is 0.158. The highest BCUT2D eigenvalue weighted by atomic mass is 35.5. The summed E-state index contributed by atoms with van der Waals surface area (Å²) < 4.78 is 10.7. The molecule has 0 radical (unpaired) electrons. The molecule has 3 rings (SSSR count). The minimum absolute atomic E-state index is 0.0345. The van der Waals surface area contributed by atoms with Crippen molar-refractivity contribution in [1.82, 2.24) is 5.32 Å². The van der Waals surface area contributed by atoms with Crippen LogP contribution < -0.4 is 15.5 Å². The first-order valence-electron chi connectivity index (χ1n) is 7.63. The summed E-state index contributed by atoms with van der Waals surface area (Å²) in [5, 5.41) is 3.56. The smallest absolute Gasteiger partial charge is 0.287 e. The minimum atomic E-state index is -0.456. The Hall–Kier alpha value is -2.79. The van der Waals surface area contributed by atoms with E-state index in [4.69, 9.17) is 20.8 Å². The van der Waals surface area contributed by atoms with E-state index in [0.29, 0.717) is 22.5 Å². The number of ether oxygens (including phenoxy) is 1. The van der Waals surface area contributed by atoms with Gasteiger partial charge in [0.15, 0.2) is 11.2 Å². The third kappa shape index (κ3) is 3.67. The van der Waals surface area contributed by atoms with Gasteiger partial charge in [-0.1, -0.05) is 23.7 Å². The summed E-state index contributed by atoms with van der Waals surface area (Å²) in [6.45, 7) is 2.11. The highest BCUT2D eigenvalue weighted by Gasteiger charge is 2.13. The van der Waals surface area contributed by atoms with Crippen molar-refractivity contribution in [2.75, 3.05) is 7.11 Å². The largest absolute Gasteiger partial charge is 0.497 e. The van der Waals surface area contributed by atoms with Crippen molar-refractivity contribution in [3.63, 3.8) is 0 Å². The van der Waals surface area contributed by atoms with Crippen LogP contribution in [0.5, 0.6) is 5.75 Å². The number of aryl methyl sites for hydroxylation is 1. The van der Waals surface area contributed by atoms with Crippen molar-refractivity contribution in [2.45, 2.75) is 13.5 Å². The molecule has 0 bridgehead atoms. The van der Waals surface area contributed by atoms with E-state index in [-0.39, 0.29) is 11.2 Å². The zero-order valence-corrected chi connectivity index (χ0v) is 14.5. The standard InChI is InChI=1S/C19H16ClNO4/c1-11-7-17-14(8-15(11)20)16(22)9-18(25-17)19(23)21-10-12-3-5-13(24-2)6-4-12/h3-9H,10H2,1-2H3,(H,21,23). The fourth-order valence-corrected chi connectivity index (χ4v) is 2.57. The van der Waals surface area contributed by atoms with E-state index in [0.717, 1.165) is 16.9 Å². The lowest BCUT2D eigenvalue weighted by atomic mass is 10.1. The Balaban J connectivity index is 1.81. The predicted octanol–water partition coefficient (Wildman–Crippen LogP) is 3.69. The van der Waals surface area contributed by atoms with Gasteiger partial charge in [0, 0.05) is 17.6 Å². The van der Waals surface area contributed by atoms with Crippen LogP contribution in [-0.4, -0.2) is 13.0 Å². The SMILES string of the molecule is COc1ccc(CNC(=O)c2cc(=O)c3cc(Cl)c(C)cc3o2)cc1. The molecule has 0 fully saturated rings. The molecule has 1 N–H and O–H groups in total. The third-order valence-electron chi connectivity index (χ3n) is 3.84. The monoisotopic (exact) mass is 357 g/mol. The van der Waals surface area contributed by atoms with Gasteiger partial charge in [0.25, 0.3) is 5.91 Å². The number of fused-ring (bicyclic) bond motifs is 1. The van der Waals surface area contributed by atoms with Crippen molar-refractivity contribution in [2.24, 2.45) is 0 Å². The van der Waals surface area contributed by atoms with E-state index in [1.807, 2.05) is 24.3 Å². The van der Waals surface area contributed by atoms with Gasteiger partial charge >= 0.3 is 0 Å². The number of rotatable bonds is 4. The van der Waals surface area contributed by atoms with E-state index in [2.05, 4.69) is 5.32 Å². The summed E-state index contributed by atoms with van der Waals surface area (Å²) >= 11 is 6.03. The Morgan fingerprint density at radius 3 is 2.60 bits per heavy atom. The van der Waals surface area contributed by atoms with Crippen molar-refractivity contribution < 1.29 is 13.9 Å². The van der Waals surface area contributed by atoms with E-state index in [1.165, 1.54) is 6.07 Å². The highest BCUT2D eigenvalue weighted by molar-refractivity contribution is 6.32. The molecule has 0 saturated carbocycles. The molecule has 0 atom stereocenters. The maximum Gasteiger partial charge on any atom is 0.287 e. The normalized spacial score (nSPS) is 10.7. The molecule has 6 heteroatoms. The zero-order chi connectivity index (χ0) is 18.0. The predicted molar refractivity (Wildman–Crippen MR) is 96.4 cm³/mol. The van der Waals surface area contributed by atoms with Gasteiger partial charge in [-0.05, 0) is 42.3 Å². The maximum absolute atomic E-state index is 12.3. The first-order valence-corrected chi connectivity index (χ1v) is 8.01. The van der Waals surface area contributed by atoms with Crippen LogP contribution in [0.4, 0.5) is 0 Å². The molecular formula is C19H16ClNO4. The van der Waals surface area contributed by atoms with E-state index < -0.39 is 5.91 Å². The Bertz CT molecular complexity index is 993. The van der Waals surface area contributed by atoms with Crippen LogP contribution >= 0.6 is 11.6 Å². The molecule has 0 aliphatic carbocycles. The second kappa shape index (κ2) is 6.99. The van der Waals surface area contributed by atoms with Crippen molar-refractivity contribution >= 4 is 28.5 Å². The quantitative estimate of drug-likeness (QED) is 0.773. The van der Waals surface area contributed by atoms with E-state index in [1.54, 1.807) is 26.2 Å². The van der Waals surface area contributed by atoms with Gasteiger partial charge in [-0.2, -0.15) is 0 Å². The molecule has 0 unspecified atom stereocenters. The Labute approximate surface area is 149 Å². The van der Waals surface area contributed by atoms with Gasteiger partial charge in [0.1, 0.15) is 11.3 Å². The fourth-order valence-electron chi connectivity index (χ4n) is 2.40. The summed E-state index contributed by atoms with van der Waals surface area (Å²) in [4.78, 5) is 24.5. The van der Waals surface area contributed by atoms with Crippen LogP contribution in [0.3, 0.4) is 0 Å². The zero-order valence-electron chi connectivity index (χ0n) is 13.8. The van der Waals surface area contributed by atoms with Crippen molar-refractivity contribution in [3.05, 3.63) is 74.6 Å². The van der Waals surface area contributed by atoms with Crippen LogP contribution in [0.1, 0.15) is 21.7 Å². The lowest BCUT2D eigenvalue weighted by molar-refractivity contribution is 0.0923. The number of halogens is 1. The molecule has 1 heterocycles. The van der Waals surface area contributed by atoms with Gasteiger partial charge in [-0.3, -0.25) is 9.59 Å². The summed E-state index contributed by atoms with van der Waals surface area (Å²) in [5.41, 5.74) is 1.70. The maximum atomic E-state index is 12.3. The lowest BCUT2D eigenvalue weighted by Gasteiger charge is -2.07. The highest BCUT2D eigenvalue weighted by Crippen LogP contribution is 2.22. The van der Waals surface area contributed by atoms with Gasteiger partial charge in [0.2, 0.25) is 0 Å². The van der Waals surface area contributed by atoms with Gasteiger partial charge in [0.05, 0.1) is 12.5 Å². The van der Waals surface area contributed by atoms with Crippen molar-refractivity contribution in [3.8, 4) is 5.75 Å². The van der Waals surface area contributed by atoms with Gasteiger partial charge in [-0.15, -0.1) is 0 Å². The molecule has 1 amide bonds. The average molecular weight is 358 g/mol. The lowest BCUT2D eigenvalue weighted by Crippen LogP contribution is -2.24. The third-order valence-corrected chi connectivity index (χ3v) is 4.25. The first kappa shape index (κ1) is 17.0. The van der Waals surface area contributed by atoms with Crippen LogP contribution in [0.2, 0.25) is 5.02 Å². The molecule has 3 aromatic rings. The number of carbonyl (C=O) groups is 1. The summed E-state index contributed by atoms with van der Waals surface area (Å²) in [6.07, 6.45) is 0. The summed E-state index contributed by atoms with van der Waals surface area (Å²) in [6, 6.07) is 11.7. The number of amides is 1. The molecule has 1 aromatic heterocycles. The topological polar surface area (TPSA) is 68.5 Å². The van der Waals surface area contributed by atoms with Crippen LogP contribution in [0.15, 0.2) is 51.7 Å². The minimum Gasteiger partial charge on any atom is -0.497 e. The second-order valence-corrected chi connectivity index (χ2v) is 6.01. The Kier molecular flexibility index (Phi) is 4.76. The van der Waals surface area contributed by atoms with Crippen LogP contribution in [0.25, 0.3) is 11.0 Å². The molecule has 128 valence electrons. The second-order valence-electron chi connectivity index (χ2n) is 5.60. The number of nitrogens with one attached hydrogen (secondary N) is 1. The molecule has 25 heavy (non-hydrogen) atoms. The Morgan fingerprint density at radius 2 is 1.92 bits per heavy atom. The molecular weight excluding hydrogens is 342 g/mol. The van der Waals surface area contributed by atoms with Crippen LogP contribution in [0, 0.1) is 6.92 Å². The molecule has 0 aliphatic heterocycles. The van der Waals surface area contributed by atoms with Gasteiger partial charge < -0.3 is 14.5 Å². The molecule has 0 spiro atoms. The molecule has 2 aromatic carbocycles. The summed E-state index contributed by atoms with van der Waals surface area (Å²) in [5.74, 6) is 0.250. The number of hydrogen-bond donors (Lipinski definition) is 1. The number of hydrogen-bond acceptors (Lipinski definition) is 4. The van der Waals surface area contributed by atoms with Gasteiger partial charge in [-0.25, -0.2) is 0 Å². The first-order chi connectivity index (χ1) is 12.0.